The third-order valence-electron chi connectivity index (χ3n) is 5.84. The molecule has 1 fully saturated rings. The number of carboxylic acid groups (broad SMARTS) is 1. The molecule has 1 atom stereocenters. The van der Waals surface area contributed by atoms with Gasteiger partial charge < -0.3 is 19.9 Å². The average Bonchev–Trinajstić information content (AvgIpc) is 3.43. The Morgan fingerprint density at radius 1 is 1.12 bits per heavy atom. The molecule has 1 saturated carbocycles. The number of carbonyl (C=O) groups is 1. The highest BCUT2D eigenvalue weighted by atomic mass is 16.5. The van der Waals surface area contributed by atoms with Gasteiger partial charge in [0.05, 0.1) is 20.3 Å². The Morgan fingerprint density at radius 2 is 1.92 bits per heavy atom. The van der Waals surface area contributed by atoms with Crippen LogP contribution in [0.25, 0.3) is 11.1 Å². The predicted molar refractivity (Wildman–Crippen MR) is 98.9 cm³/mol. The molecule has 0 radical (unpaired) electrons. The largest absolute Gasteiger partial charge is 0.497 e. The summed E-state index contributed by atoms with van der Waals surface area (Å²) in [6.45, 7) is 0. The summed E-state index contributed by atoms with van der Waals surface area (Å²) in [6, 6.07) is 12.0. The van der Waals surface area contributed by atoms with Crippen LogP contribution >= 0.6 is 0 Å². The van der Waals surface area contributed by atoms with Crippen LogP contribution in [-0.2, 0) is 6.42 Å². The third kappa shape index (κ3) is 2.77. The quantitative estimate of drug-likeness (QED) is 0.854. The molecule has 0 aliphatic heterocycles. The van der Waals surface area contributed by atoms with Gasteiger partial charge in [-0.25, -0.2) is 4.79 Å². The van der Waals surface area contributed by atoms with Crippen LogP contribution in [0.4, 0.5) is 4.79 Å². The van der Waals surface area contributed by atoms with E-state index in [1.165, 1.54) is 5.56 Å². The van der Waals surface area contributed by atoms with Crippen molar-refractivity contribution in [1.29, 1.82) is 0 Å². The molecule has 0 aromatic heterocycles. The van der Waals surface area contributed by atoms with Crippen molar-refractivity contribution in [3.05, 3.63) is 47.5 Å². The number of ether oxygens (including phenoxy) is 2. The maximum absolute atomic E-state index is 11.3. The van der Waals surface area contributed by atoms with Gasteiger partial charge in [-0.2, -0.15) is 0 Å². The van der Waals surface area contributed by atoms with Crippen LogP contribution in [0.1, 0.15) is 36.4 Å². The molecule has 2 aliphatic rings. The molecule has 26 heavy (non-hydrogen) atoms. The fraction of sp³-hybridized carbons (Fsp3) is 0.381. The van der Waals surface area contributed by atoms with Crippen molar-refractivity contribution in [2.45, 2.75) is 31.7 Å². The van der Waals surface area contributed by atoms with Crippen molar-refractivity contribution in [2.24, 2.45) is 5.41 Å². The van der Waals surface area contributed by atoms with Crippen molar-refractivity contribution in [3.63, 3.8) is 0 Å². The van der Waals surface area contributed by atoms with Gasteiger partial charge in [0.15, 0.2) is 0 Å². The van der Waals surface area contributed by atoms with Gasteiger partial charge in [0.1, 0.15) is 11.5 Å². The highest BCUT2D eigenvalue weighted by Gasteiger charge is 2.52. The Morgan fingerprint density at radius 3 is 2.58 bits per heavy atom. The molecule has 1 unspecified atom stereocenters. The molecule has 4 rings (SSSR count). The summed E-state index contributed by atoms with van der Waals surface area (Å²) < 4.78 is 10.8. The van der Waals surface area contributed by atoms with Crippen LogP contribution in [0.5, 0.6) is 11.5 Å². The number of aryl methyl sites for hydroxylation is 1. The van der Waals surface area contributed by atoms with Crippen molar-refractivity contribution in [2.75, 3.05) is 14.2 Å². The zero-order valence-corrected chi connectivity index (χ0v) is 15.0. The normalized spacial score (nSPS) is 19.5. The Bertz CT molecular complexity index is 857. The summed E-state index contributed by atoms with van der Waals surface area (Å²) in [7, 11) is 3.29. The molecule has 1 amide bonds. The molecule has 0 heterocycles. The Hall–Kier alpha value is -2.69. The topological polar surface area (TPSA) is 67.8 Å². The van der Waals surface area contributed by atoms with Crippen LogP contribution in [-0.4, -0.2) is 25.4 Å². The first-order valence-corrected chi connectivity index (χ1v) is 8.91. The van der Waals surface area contributed by atoms with Crippen molar-refractivity contribution in [3.8, 4) is 22.6 Å². The van der Waals surface area contributed by atoms with Crippen LogP contribution in [0, 0.1) is 5.41 Å². The molecule has 136 valence electrons. The second-order valence-corrected chi connectivity index (χ2v) is 7.22. The van der Waals surface area contributed by atoms with Gasteiger partial charge in [0.2, 0.25) is 0 Å². The summed E-state index contributed by atoms with van der Waals surface area (Å²) in [5.74, 6) is 1.52. The van der Waals surface area contributed by atoms with Gasteiger partial charge in [0, 0.05) is 11.6 Å². The number of fused-ring (bicyclic) bond motifs is 1. The Balaban J connectivity index is 1.73. The van der Waals surface area contributed by atoms with E-state index in [0.717, 1.165) is 53.9 Å². The van der Waals surface area contributed by atoms with Gasteiger partial charge in [-0.15, -0.1) is 0 Å². The molecule has 1 spiro atoms. The number of amides is 1. The lowest BCUT2D eigenvalue weighted by atomic mass is 9.76. The van der Waals surface area contributed by atoms with E-state index in [1.54, 1.807) is 14.2 Å². The number of hydrogen-bond acceptors (Lipinski definition) is 3. The number of rotatable bonds is 4. The highest BCUT2D eigenvalue weighted by molar-refractivity contribution is 5.73. The fourth-order valence-electron chi connectivity index (χ4n) is 4.22. The first-order chi connectivity index (χ1) is 12.6. The van der Waals surface area contributed by atoms with E-state index in [1.807, 2.05) is 18.2 Å². The average molecular weight is 353 g/mol. The molecule has 0 bridgehead atoms. The van der Waals surface area contributed by atoms with E-state index in [0.29, 0.717) is 0 Å². The second kappa shape index (κ2) is 6.24. The van der Waals surface area contributed by atoms with Crippen molar-refractivity contribution in [1.82, 2.24) is 5.32 Å². The zero-order valence-electron chi connectivity index (χ0n) is 15.0. The predicted octanol–water partition coefficient (Wildman–Crippen LogP) is 4.41. The summed E-state index contributed by atoms with van der Waals surface area (Å²) in [6.07, 6.45) is 3.28. The van der Waals surface area contributed by atoms with Crippen molar-refractivity contribution < 1.29 is 19.4 Å². The summed E-state index contributed by atoms with van der Waals surface area (Å²) in [5.41, 5.74) is 4.55. The second-order valence-electron chi connectivity index (χ2n) is 7.22. The van der Waals surface area contributed by atoms with Gasteiger partial charge in [-0.3, -0.25) is 0 Å². The summed E-state index contributed by atoms with van der Waals surface area (Å²) in [5, 5.41) is 12.0. The highest BCUT2D eigenvalue weighted by Crippen LogP contribution is 2.61. The van der Waals surface area contributed by atoms with E-state index in [2.05, 4.69) is 23.5 Å². The first kappa shape index (κ1) is 16.8. The summed E-state index contributed by atoms with van der Waals surface area (Å²) >= 11 is 0. The molecule has 2 aromatic carbocycles. The minimum atomic E-state index is -0.949. The lowest BCUT2D eigenvalue weighted by Crippen LogP contribution is -2.36. The van der Waals surface area contributed by atoms with E-state index < -0.39 is 6.09 Å². The van der Waals surface area contributed by atoms with E-state index in [9.17, 15) is 9.90 Å². The molecule has 2 aliphatic carbocycles. The van der Waals surface area contributed by atoms with Crippen LogP contribution in [0.3, 0.4) is 0 Å². The van der Waals surface area contributed by atoms with Gasteiger partial charge in [-0.05, 0) is 59.9 Å². The molecule has 5 heteroatoms. The zero-order chi connectivity index (χ0) is 18.3. The van der Waals surface area contributed by atoms with E-state index in [4.69, 9.17) is 9.47 Å². The molecule has 0 saturated heterocycles. The summed E-state index contributed by atoms with van der Waals surface area (Å²) in [4.78, 5) is 11.3. The van der Waals surface area contributed by atoms with Gasteiger partial charge >= 0.3 is 6.09 Å². The number of benzene rings is 2. The standard InChI is InChI=1S/C21H23NO4/c1-25-15-4-6-16(18(12-15)26-2)13-3-5-17-14(11-13)7-8-21(9-10-21)19(17)22-20(23)24/h3-6,11-12,19,22H,7-10H2,1-2H3,(H,23,24). The number of methoxy groups -OCH3 is 2. The van der Waals surface area contributed by atoms with Crippen LogP contribution in [0.15, 0.2) is 36.4 Å². The van der Waals surface area contributed by atoms with Gasteiger partial charge in [0.25, 0.3) is 0 Å². The van der Waals surface area contributed by atoms with E-state index in [-0.39, 0.29) is 11.5 Å². The molecule has 2 N–H and O–H groups in total. The molecule has 5 nitrogen and oxygen atoms in total. The molecular formula is C21H23NO4. The lowest BCUT2D eigenvalue weighted by molar-refractivity contribution is 0.178. The lowest BCUT2D eigenvalue weighted by Gasteiger charge is -2.34. The Kier molecular flexibility index (Phi) is 4.02. The maximum atomic E-state index is 11.3. The van der Waals surface area contributed by atoms with E-state index >= 15 is 0 Å². The molecule has 2 aromatic rings. The minimum absolute atomic E-state index is 0.101. The van der Waals surface area contributed by atoms with Crippen LogP contribution < -0.4 is 14.8 Å². The maximum Gasteiger partial charge on any atom is 0.405 e. The monoisotopic (exact) mass is 353 g/mol. The van der Waals surface area contributed by atoms with Crippen LogP contribution in [0.2, 0.25) is 0 Å². The SMILES string of the molecule is COc1ccc(-c2ccc3c(c2)CCC2(CC2)C3NC(=O)O)c(OC)c1. The van der Waals surface area contributed by atoms with Crippen molar-refractivity contribution >= 4 is 6.09 Å². The molecular weight excluding hydrogens is 330 g/mol. The smallest absolute Gasteiger partial charge is 0.405 e. The Labute approximate surface area is 152 Å². The minimum Gasteiger partial charge on any atom is -0.497 e. The number of hydrogen-bond donors (Lipinski definition) is 2. The van der Waals surface area contributed by atoms with Gasteiger partial charge in [-0.1, -0.05) is 18.2 Å². The fourth-order valence-corrected chi connectivity index (χ4v) is 4.22. The number of nitrogens with one attached hydrogen (secondary N) is 1. The third-order valence-corrected chi connectivity index (χ3v) is 5.84. The first-order valence-electron chi connectivity index (χ1n) is 8.91.